The van der Waals surface area contributed by atoms with Crippen LogP contribution in [0.25, 0.3) is 11.1 Å². The van der Waals surface area contributed by atoms with Gasteiger partial charge in [-0.15, -0.1) is 0 Å². The molecule has 2 aromatic heterocycles. The van der Waals surface area contributed by atoms with Gasteiger partial charge in [0, 0.05) is 38.8 Å². The standard InChI is InChI=1S/C24H37N5O3/c1-4-31-24(30)20-17(2)32-23-21(20)22(26-18(3)27-23)25-11-8-12-28-13-15-29(16-14-28)19-9-6-5-7-10-19/h19H,4-16H2,1-3H3,(H,25,26,27). The Morgan fingerprint density at radius 2 is 1.88 bits per heavy atom. The summed E-state index contributed by atoms with van der Waals surface area (Å²) in [5.74, 6) is 1.38. The number of ether oxygens (including phenoxy) is 1. The van der Waals surface area contributed by atoms with Crippen molar-refractivity contribution in [2.75, 3.05) is 51.2 Å². The molecule has 0 unspecified atom stereocenters. The van der Waals surface area contributed by atoms with E-state index in [-0.39, 0.29) is 0 Å². The highest BCUT2D eigenvalue weighted by Crippen LogP contribution is 2.30. The fourth-order valence-corrected chi connectivity index (χ4v) is 5.10. The highest BCUT2D eigenvalue weighted by molar-refractivity contribution is 6.07. The SMILES string of the molecule is CCOC(=O)c1c(C)oc2nc(C)nc(NCCCN3CCN(C4CCCCC4)CC3)c12. The van der Waals surface area contributed by atoms with Crippen LogP contribution in [-0.4, -0.2) is 77.7 Å². The molecule has 1 aliphatic heterocycles. The molecule has 0 atom stereocenters. The average Bonchev–Trinajstić information content (AvgIpc) is 3.13. The first kappa shape index (κ1) is 23.0. The molecule has 0 amide bonds. The van der Waals surface area contributed by atoms with E-state index in [0.29, 0.717) is 40.7 Å². The molecule has 0 aromatic carbocycles. The number of hydrogen-bond acceptors (Lipinski definition) is 8. The van der Waals surface area contributed by atoms with Gasteiger partial charge in [0.2, 0.25) is 5.71 Å². The highest BCUT2D eigenvalue weighted by Gasteiger charge is 2.26. The molecule has 0 spiro atoms. The smallest absolute Gasteiger partial charge is 0.342 e. The molecular weight excluding hydrogens is 406 g/mol. The lowest BCUT2D eigenvalue weighted by molar-refractivity contribution is 0.0526. The van der Waals surface area contributed by atoms with E-state index in [9.17, 15) is 4.79 Å². The van der Waals surface area contributed by atoms with Crippen LogP contribution in [0.15, 0.2) is 4.42 Å². The molecule has 32 heavy (non-hydrogen) atoms. The van der Waals surface area contributed by atoms with Crippen molar-refractivity contribution in [3.8, 4) is 0 Å². The quantitative estimate of drug-likeness (QED) is 0.488. The topological polar surface area (TPSA) is 83.7 Å². The van der Waals surface area contributed by atoms with Crippen LogP contribution in [0.5, 0.6) is 0 Å². The summed E-state index contributed by atoms with van der Waals surface area (Å²) >= 11 is 0. The predicted octanol–water partition coefficient (Wildman–Crippen LogP) is 3.77. The number of rotatable bonds is 8. The van der Waals surface area contributed by atoms with Gasteiger partial charge in [-0.1, -0.05) is 19.3 Å². The van der Waals surface area contributed by atoms with E-state index in [0.717, 1.165) is 38.6 Å². The third kappa shape index (κ3) is 5.23. The van der Waals surface area contributed by atoms with Gasteiger partial charge in [0.25, 0.3) is 0 Å². The number of fused-ring (bicyclic) bond motifs is 1. The van der Waals surface area contributed by atoms with E-state index in [1.807, 2.05) is 6.92 Å². The Kier molecular flexibility index (Phi) is 7.63. The number of furan rings is 1. The summed E-state index contributed by atoms with van der Waals surface area (Å²) in [4.78, 5) is 26.7. The van der Waals surface area contributed by atoms with Crippen LogP contribution in [0.3, 0.4) is 0 Å². The molecule has 1 saturated heterocycles. The van der Waals surface area contributed by atoms with Crippen LogP contribution in [0.1, 0.15) is 67.4 Å². The maximum Gasteiger partial charge on any atom is 0.342 e. The molecule has 2 fully saturated rings. The Labute approximate surface area is 190 Å². The van der Waals surface area contributed by atoms with E-state index in [1.165, 1.54) is 45.2 Å². The molecule has 0 radical (unpaired) electrons. The summed E-state index contributed by atoms with van der Waals surface area (Å²) < 4.78 is 11.0. The number of nitrogens with one attached hydrogen (secondary N) is 1. The Bertz CT molecular complexity index is 914. The third-order valence-corrected chi connectivity index (χ3v) is 6.76. The molecule has 2 aliphatic rings. The maximum atomic E-state index is 12.5. The number of aryl methyl sites for hydroxylation is 2. The molecule has 4 rings (SSSR count). The van der Waals surface area contributed by atoms with Crippen molar-refractivity contribution in [3.05, 3.63) is 17.1 Å². The van der Waals surface area contributed by atoms with Crippen molar-refractivity contribution in [3.63, 3.8) is 0 Å². The van der Waals surface area contributed by atoms with Crippen LogP contribution in [-0.2, 0) is 4.74 Å². The van der Waals surface area contributed by atoms with Gasteiger partial charge in [-0.3, -0.25) is 4.90 Å². The molecule has 1 N–H and O–H groups in total. The fourth-order valence-electron chi connectivity index (χ4n) is 5.10. The zero-order valence-electron chi connectivity index (χ0n) is 19.8. The van der Waals surface area contributed by atoms with E-state index in [2.05, 4.69) is 25.1 Å². The monoisotopic (exact) mass is 443 g/mol. The number of hydrogen-bond donors (Lipinski definition) is 1. The van der Waals surface area contributed by atoms with Gasteiger partial charge in [0.05, 0.1) is 12.0 Å². The summed E-state index contributed by atoms with van der Waals surface area (Å²) in [6.45, 7) is 12.2. The second-order valence-corrected chi connectivity index (χ2v) is 9.00. The largest absolute Gasteiger partial charge is 0.462 e. The average molecular weight is 444 g/mol. The lowest BCUT2D eigenvalue weighted by Gasteiger charge is -2.40. The van der Waals surface area contributed by atoms with Crippen molar-refractivity contribution in [1.29, 1.82) is 0 Å². The molecule has 8 nitrogen and oxygen atoms in total. The number of anilines is 1. The summed E-state index contributed by atoms with van der Waals surface area (Å²) in [6, 6.07) is 0.822. The van der Waals surface area contributed by atoms with E-state index in [1.54, 1.807) is 13.8 Å². The van der Waals surface area contributed by atoms with E-state index < -0.39 is 5.97 Å². The second kappa shape index (κ2) is 10.6. The van der Waals surface area contributed by atoms with Gasteiger partial charge in [0.1, 0.15) is 23.0 Å². The van der Waals surface area contributed by atoms with Crippen LogP contribution in [0.4, 0.5) is 5.82 Å². The van der Waals surface area contributed by atoms with Gasteiger partial charge >= 0.3 is 5.97 Å². The van der Waals surface area contributed by atoms with Crippen molar-refractivity contribution in [2.45, 2.75) is 65.3 Å². The maximum absolute atomic E-state index is 12.5. The number of aromatic nitrogens is 2. The van der Waals surface area contributed by atoms with Gasteiger partial charge in [-0.05, 0) is 46.6 Å². The molecule has 1 aliphatic carbocycles. The van der Waals surface area contributed by atoms with E-state index in [4.69, 9.17) is 9.15 Å². The first-order valence-corrected chi connectivity index (χ1v) is 12.2. The number of nitrogens with zero attached hydrogens (tertiary/aromatic N) is 4. The van der Waals surface area contributed by atoms with Gasteiger partial charge < -0.3 is 19.4 Å². The van der Waals surface area contributed by atoms with Gasteiger partial charge in [-0.25, -0.2) is 9.78 Å². The predicted molar refractivity (Wildman–Crippen MR) is 125 cm³/mol. The zero-order valence-corrected chi connectivity index (χ0v) is 19.8. The molecule has 3 heterocycles. The van der Waals surface area contributed by atoms with Crippen molar-refractivity contribution in [2.24, 2.45) is 0 Å². The molecule has 176 valence electrons. The zero-order chi connectivity index (χ0) is 22.5. The second-order valence-electron chi connectivity index (χ2n) is 9.00. The molecule has 2 aromatic rings. The summed E-state index contributed by atoms with van der Waals surface area (Å²) in [6.07, 6.45) is 8.01. The van der Waals surface area contributed by atoms with Crippen molar-refractivity contribution < 1.29 is 13.9 Å². The number of piperazine rings is 1. The lowest BCUT2D eigenvalue weighted by Crippen LogP contribution is -2.51. The number of carbonyl (C=O) groups excluding carboxylic acids is 1. The summed E-state index contributed by atoms with van der Waals surface area (Å²) in [5.41, 5.74) is 0.850. The lowest BCUT2D eigenvalue weighted by atomic mass is 9.94. The Balaban J connectivity index is 1.31. The highest BCUT2D eigenvalue weighted by atomic mass is 16.5. The van der Waals surface area contributed by atoms with Gasteiger partial charge in [-0.2, -0.15) is 4.98 Å². The third-order valence-electron chi connectivity index (χ3n) is 6.76. The van der Waals surface area contributed by atoms with E-state index >= 15 is 0 Å². The minimum Gasteiger partial charge on any atom is -0.462 e. The molecule has 8 heteroatoms. The number of carbonyl (C=O) groups is 1. The molecular formula is C24H37N5O3. The minimum atomic E-state index is -0.393. The van der Waals surface area contributed by atoms with Crippen LogP contribution in [0.2, 0.25) is 0 Å². The van der Waals surface area contributed by atoms with Crippen LogP contribution in [0, 0.1) is 13.8 Å². The normalized spacial score (nSPS) is 18.8. The Hall–Kier alpha value is -2.19. The number of esters is 1. The summed E-state index contributed by atoms with van der Waals surface area (Å²) in [5, 5.41) is 4.04. The van der Waals surface area contributed by atoms with Crippen LogP contribution < -0.4 is 5.32 Å². The molecule has 1 saturated carbocycles. The first-order valence-electron chi connectivity index (χ1n) is 12.2. The fraction of sp³-hybridized carbons (Fsp3) is 0.708. The van der Waals surface area contributed by atoms with Crippen LogP contribution >= 0.6 is 0 Å². The minimum absolute atomic E-state index is 0.314. The Morgan fingerprint density at radius 1 is 1.12 bits per heavy atom. The Morgan fingerprint density at radius 3 is 2.59 bits per heavy atom. The summed E-state index contributed by atoms with van der Waals surface area (Å²) in [7, 11) is 0. The van der Waals surface area contributed by atoms with Gasteiger partial charge in [0.15, 0.2) is 0 Å². The molecule has 0 bridgehead atoms. The van der Waals surface area contributed by atoms with Crippen molar-refractivity contribution >= 4 is 22.9 Å². The van der Waals surface area contributed by atoms with Crippen molar-refractivity contribution in [1.82, 2.24) is 19.8 Å². The first-order chi connectivity index (χ1) is 15.6.